The number of methoxy groups -OCH3 is 1. The van der Waals surface area contributed by atoms with Crippen LogP contribution in [0, 0.1) is 28.6 Å². The van der Waals surface area contributed by atoms with E-state index in [1.165, 1.54) is 12.8 Å². The predicted molar refractivity (Wildman–Crippen MR) is 185 cm³/mol. The molecule has 0 saturated carbocycles. The van der Waals surface area contributed by atoms with E-state index in [2.05, 4.69) is 42.5 Å². The van der Waals surface area contributed by atoms with Crippen LogP contribution in [0.5, 0.6) is 0 Å². The van der Waals surface area contributed by atoms with Crippen LogP contribution in [0.4, 0.5) is 0 Å². The van der Waals surface area contributed by atoms with Crippen molar-refractivity contribution in [3.05, 3.63) is 0 Å². The molecule has 274 valence electrons. The predicted octanol–water partition coefficient (Wildman–Crippen LogP) is 4.47. The Labute approximate surface area is 286 Å². The summed E-state index contributed by atoms with van der Waals surface area (Å²) in [6.45, 7) is 21.0. The molecule has 47 heavy (non-hydrogen) atoms. The zero-order valence-corrected chi connectivity index (χ0v) is 31.8. The van der Waals surface area contributed by atoms with Crippen LogP contribution < -0.4 is 0 Å². The Kier molecular flexibility index (Phi) is 14.3. The molecule has 1 N–H and O–H groups in total. The first kappa shape index (κ1) is 40.3. The van der Waals surface area contributed by atoms with Crippen LogP contribution in [0.3, 0.4) is 0 Å². The first-order valence-corrected chi connectivity index (χ1v) is 18.1. The molecular formula is C37H69N3O7. The second-order valence-electron chi connectivity index (χ2n) is 17.1. The molecule has 0 aromatic heterocycles. The minimum absolute atomic E-state index is 0.0356. The zero-order chi connectivity index (χ0) is 35.3. The maximum absolute atomic E-state index is 14.2. The Hall–Kier alpha value is -1.14. The van der Waals surface area contributed by atoms with Crippen molar-refractivity contribution in [2.45, 2.75) is 130 Å². The van der Waals surface area contributed by atoms with Gasteiger partial charge >= 0.3 is 5.97 Å². The SMILES string of the molecule is CO[C@]1(C)C[C@@H](C)CN(C)[C@@H](CCCN2CCC(C)(C)CC2)COC(=O)C(C)(C)C(=O)[C@H](C)[C@H]1O[C@@H]1O[C@H](C)C[C@H](CN(C)C)[C@H]1O. The Morgan fingerprint density at radius 2 is 1.68 bits per heavy atom. The third-order valence-electron chi connectivity index (χ3n) is 11.3. The molecule has 0 aromatic carbocycles. The lowest BCUT2D eigenvalue weighted by Crippen LogP contribution is -2.57. The topological polar surface area (TPSA) is 101 Å². The van der Waals surface area contributed by atoms with Crippen molar-refractivity contribution in [1.29, 1.82) is 0 Å². The lowest BCUT2D eigenvalue weighted by molar-refractivity contribution is -0.297. The molecule has 0 spiro atoms. The number of esters is 1. The smallest absolute Gasteiger partial charge is 0.319 e. The minimum Gasteiger partial charge on any atom is -0.463 e. The van der Waals surface area contributed by atoms with Gasteiger partial charge < -0.3 is 33.9 Å². The molecule has 9 atom stereocenters. The van der Waals surface area contributed by atoms with Crippen molar-refractivity contribution >= 4 is 11.8 Å². The standard InChI is InChI=1S/C37H69N3O7/c1-25-21-37(8,44-12)32(47-33-30(41)28(23-38(9)10)20-26(2)46-33)27(3)31(42)36(6,7)34(43)45-24-29(39(11)22-25)14-13-17-40-18-15-35(4,5)16-19-40/h25-30,32-33,41H,13-24H2,1-12H3/t25-,26-,27+,28-,29+,30-,32-,33+,37-/m1/s1. The summed E-state index contributed by atoms with van der Waals surface area (Å²) in [5.41, 5.74) is -1.88. The van der Waals surface area contributed by atoms with Gasteiger partial charge in [-0.2, -0.15) is 0 Å². The number of cyclic esters (lactones) is 1. The van der Waals surface area contributed by atoms with Gasteiger partial charge in [-0.05, 0) is 118 Å². The maximum Gasteiger partial charge on any atom is 0.319 e. The number of hydrogen-bond acceptors (Lipinski definition) is 10. The first-order chi connectivity index (χ1) is 21.8. The van der Waals surface area contributed by atoms with Gasteiger partial charge in [0, 0.05) is 38.1 Å². The number of ether oxygens (including phenoxy) is 4. The summed E-state index contributed by atoms with van der Waals surface area (Å²) in [4.78, 5) is 34.8. The van der Waals surface area contributed by atoms with E-state index in [1.807, 2.05) is 27.9 Å². The Morgan fingerprint density at radius 1 is 1.04 bits per heavy atom. The van der Waals surface area contributed by atoms with Gasteiger partial charge in [-0.25, -0.2) is 0 Å². The van der Waals surface area contributed by atoms with Crippen LogP contribution in [0.25, 0.3) is 0 Å². The van der Waals surface area contributed by atoms with E-state index < -0.39 is 41.4 Å². The molecule has 0 aliphatic carbocycles. The molecule has 3 saturated heterocycles. The number of likely N-dealkylation sites (tertiary alicyclic amines) is 1. The minimum atomic E-state index is -1.40. The largest absolute Gasteiger partial charge is 0.463 e. The third kappa shape index (κ3) is 10.7. The van der Waals surface area contributed by atoms with Gasteiger partial charge in [0.1, 0.15) is 18.1 Å². The van der Waals surface area contributed by atoms with E-state index >= 15 is 0 Å². The number of rotatable bonds is 9. The van der Waals surface area contributed by atoms with Gasteiger partial charge in [0.15, 0.2) is 12.1 Å². The fourth-order valence-electron chi connectivity index (χ4n) is 8.09. The number of likely N-dealkylation sites (N-methyl/N-ethyl adjacent to an activating group) is 1. The number of carbonyl (C=O) groups is 2. The highest BCUT2D eigenvalue weighted by molar-refractivity contribution is 6.04. The average molecular weight is 668 g/mol. The summed E-state index contributed by atoms with van der Waals surface area (Å²) in [5.74, 6) is -1.41. The van der Waals surface area contributed by atoms with Crippen molar-refractivity contribution in [2.75, 3.05) is 67.6 Å². The van der Waals surface area contributed by atoms with Gasteiger partial charge in [-0.15, -0.1) is 0 Å². The van der Waals surface area contributed by atoms with Crippen LogP contribution in [0.1, 0.15) is 93.9 Å². The summed E-state index contributed by atoms with van der Waals surface area (Å²) in [5, 5.41) is 11.4. The van der Waals surface area contributed by atoms with Crippen molar-refractivity contribution in [3.63, 3.8) is 0 Å². The summed E-state index contributed by atoms with van der Waals surface area (Å²) in [6, 6.07) is 0.0356. The number of carbonyl (C=O) groups excluding carboxylic acids is 2. The number of aliphatic hydroxyl groups excluding tert-OH is 1. The number of hydrogen-bond donors (Lipinski definition) is 1. The van der Waals surface area contributed by atoms with Gasteiger partial charge in [-0.3, -0.25) is 14.5 Å². The first-order valence-electron chi connectivity index (χ1n) is 18.1. The van der Waals surface area contributed by atoms with Crippen molar-refractivity contribution in [3.8, 4) is 0 Å². The number of piperidine rings is 1. The fourth-order valence-corrected chi connectivity index (χ4v) is 8.09. The third-order valence-corrected chi connectivity index (χ3v) is 11.3. The van der Waals surface area contributed by atoms with E-state index in [0.29, 0.717) is 24.8 Å². The lowest BCUT2D eigenvalue weighted by atomic mass is 9.74. The molecule has 0 bridgehead atoms. The van der Waals surface area contributed by atoms with Crippen LogP contribution in [0.15, 0.2) is 0 Å². The van der Waals surface area contributed by atoms with E-state index in [0.717, 1.165) is 39.0 Å². The van der Waals surface area contributed by atoms with Crippen LogP contribution in [0.2, 0.25) is 0 Å². The van der Waals surface area contributed by atoms with E-state index in [-0.39, 0.29) is 36.4 Å². The second-order valence-corrected chi connectivity index (χ2v) is 17.1. The Balaban J connectivity index is 1.85. The Morgan fingerprint density at radius 3 is 2.28 bits per heavy atom. The molecule has 0 amide bonds. The molecule has 3 rings (SSSR count). The Bertz CT molecular complexity index is 1010. The van der Waals surface area contributed by atoms with E-state index in [4.69, 9.17) is 18.9 Å². The summed E-state index contributed by atoms with van der Waals surface area (Å²) < 4.78 is 25.1. The van der Waals surface area contributed by atoms with Crippen molar-refractivity contribution in [1.82, 2.24) is 14.7 Å². The number of Topliss-reactive ketones (excluding diaryl/α,β-unsaturated/α-hetero) is 1. The molecule has 3 fully saturated rings. The number of aliphatic hydroxyl groups is 1. The highest BCUT2D eigenvalue weighted by atomic mass is 16.7. The maximum atomic E-state index is 14.2. The zero-order valence-electron chi connectivity index (χ0n) is 31.8. The van der Waals surface area contributed by atoms with Crippen LogP contribution in [-0.4, -0.2) is 135 Å². The summed E-state index contributed by atoms with van der Waals surface area (Å²) >= 11 is 0. The summed E-state index contributed by atoms with van der Waals surface area (Å²) in [6.07, 6.45) is 2.96. The van der Waals surface area contributed by atoms with Crippen LogP contribution in [-0.2, 0) is 28.5 Å². The molecule has 10 heteroatoms. The normalized spacial score (nSPS) is 38.3. The van der Waals surface area contributed by atoms with Crippen LogP contribution >= 0.6 is 0 Å². The quantitative estimate of drug-likeness (QED) is 0.280. The molecule has 3 heterocycles. The molecule has 0 radical (unpaired) electrons. The molecule has 3 aliphatic rings. The fraction of sp³-hybridized carbons (Fsp3) is 0.946. The van der Waals surface area contributed by atoms with Crippen molar-refractivity contribution < 1.29 is 33.6 Å². The molecule has 3 aliphatic heterocycles. The monoisotopic (exact) mass is 668 g/mol. The highest BCUT2D eigenvalue weighted by Crippen LogP contribution is 2.39. The molecular weight excluding hydrogens is 598 g/mol. The number of nitrogens with zero attached hydrogens (tertiary/aromatic N) is 3. The van der Waals surface area contributed by atoms with Gasteiger partial charge in [-0.1, -0.05) is 27.7 Å². The van der Waals surface area contributed by atoms with Gasteiger partial charge in [0.25, 0.3) is 0 Å². The van der Waals surface area contributed by atoms with Gasteiger partial charge in [0.2, 0.25) is 0 Å². The second kappa shape index (κ2) is 16.7. The molecule has 0 aromatic rings. The van der Waals surface area contributed by atoms with E-state index in [9.17, 15) is 14.7 Å². The average Bonchev–Trinajstić information content (AvgIpc) is 2.98. The highest BCUT2D eigenvalue weighted by Gasteiger charge is 2.51. The lowest BCUT2D eigenvalue weighted by Gasteiger charge is -2.46. The summed E-state index contributed by atoms with van der Waals surface area (Å²) in [7, 11) is 7.73. The van der Waals surface area contributed by atoms with E-state index in [1.54, 1.807) is 27.9 Å². The van der Waals surface area contributed by atoms with Gasteiger partial charge in [0.05, 0.1) is 17.8 Å². The molecule has 10 nitrogen and oxygen atoms in total. The number of ketones is 1. The van der Waals surface area contributed by atoms with Crippen molar-refractivity contribution in [2.24, 2.45) is 28.6 Å². The molecule has 0 unspecified atom stereocenters.